The van der Waals surface area contributed by atoms with Crippen LogP contribution >= 0.6 is 11.3 Å². The van der Waals surface area contributed by atoms with Crippen molar-refractivity contribution in [2.45, 2.75) is 19.8 Å². The predicted molar refractivity (Wildman–Crippen MR) is 123 cm³/mol. The zero-order chi connectivity index (χ0) is 21.6. The molecule has 0 saturated carbocycles. The van der Waals surface area contributed by atoms with Crippen molar-refractivity contribution in [3.05, 3.63) is 63.3 Å². The molecule has 6 nitrogen and oxygen atoms in total. The topological polar surface area (TPSA) is 99.3 Å². The van der Waals surface area contributed by atoms with Crippen LogP contribution in [0.15, 0.2) is 46.6 Å². The Bertz CT molecular complexity index is 1420. The molecule has 2 aromatic carbocycles. The van der Waals surface area contributed by atoms with Gasteiger partial charge in [-0.3, -0.25) is 4.79 Å². The van der Waals surface area contributed by atoms with Crippen molar-refractivity contribution in [2.24, 2.45) is 0 Å². The third-order valence-electron chi connectivity index (χ3n) is 5.30. The van der Waals surface area contributed by atoms with Crippen LogP contribution < -0.4 is 10.3 Å². The first-order valence-corrected chi connectivity index (χ1v) is 12.2. The summed E-state index contributed by atoms with van der Waals surface area (Å²) >= 11 is 1.38. The number of phenols is 1. The molecule has 30 heavy (non-hydrogen) atoms. The molecule has 2 heterocycles. The number of pyridine rings is 1. The van der Waals surface area contributed by atoms with Gasteiger partial charge in [-0.2, -0.15) is 0 Å². The Balaban J connectivity index is 1.84. The lowest BCUT2D eigenvalue weighted by Gasteiger charge is -2.15. The highest BCUT2D eigenvalue weighted by Gasteiger charge is 2.18. The Morgan fingerprint density at radius 3 is 2.57 bits per heavy atom. The van der Waals surface area contributed by atoms with E-state index in [1.807, 2.05) is 49.6 Å². The lowest BCUT2D eigenvalue weighted by Crippen LogP contribution is -2.26. The number of aromatic nitrogens is 1. The van der Waals surface area contributed by atoms with Crippen molar-refractivity contribution < 1.29 is 13.5 Å². The summed E-state index contributed by atoms with van der Waals surface area (Å²) in [6.45, 7) is 4.12. The molecule has 4 rings (SSSR count). The number of benzene rings is 2. The minimum absolute atomic E-state index is 0.00271. The summed E-state index contributed by atoms with van der Waals surface area (Å²) in [6, 6.07) is 11.3. The molecule has 0 aliphatic heterocycles. The maximum atomic E-state index is 12.4. The average Bonchev–Trinajstić information content (AvgIpc) is 3.18. The fraction of sp³-hybridized carbons (Fsp3) is 0.227. The molecule has 4 aromatic rings. The molecule has 3 N–H and O–H groups in total. The number of sulfonamides is 1. The molecule has 0 amide bonds. The summed E-state index contributed by atoms with van der Waals surface area (Å²) in [5.74, 6) is 0.149. The minimum atomic E-state index is -3.24. The summed E-state index contributed by atoms with van der Waals surface area (Å²) in [6.07, 6.45) is 1.14. The second-order valence-electron chi connectivity index (χ2n) is 7.60. The SMILES string of the molecule is Cc1cc(O)c(-c2ccc([C@@H](C)CNS(C)(=O)=O)cc2)c2c1[nH]c(=O)c1sccc12. The number of phenolic OH excluding ortho intramolecular Hbond substituents is 1. The third kappa shape index (κ3) is 3.74. The van der Waals surface area contributed by atoms with E-state index in [0.717, 1.165) is 33.7 Å². The van der Waals surface area contributed by atoms with Crippen molar-refractivity contribution in [3.63, 3.8) is 0 Å². The van der Waals surface area contributed by atoms with Crippen molar-refractivity contribution in [1.82, 2.24) is 9.71 Å². The van der Waals surface area contributed by atoms with Gasteiger partial charge in [-0.25, -0.2) is 13.1 Å². The lowest BCUT2D eigenvalue weighted by molar-refractivity contribution is 0.477. The van der Waals surface area contributed by atoms with E-state index in [4.69, 9.17) is 0 Å². The Morgan fingerprint density at radius 1 is 1.20 bits per heavy atom. The van der Waals surface area contributed by atoms with Crippen LogP contribution in [-0.2, 0) is 10.0 Å². The molecular weight excluding hydrogens is 420 g/mol. The molecular formula is C22H22N2O4S2. The van der Waals surface area contributed by atoms with Crippen LogP contribution in [0.3, 0.4) is 0 Å². The fourth-order valence-electron chi connectivity index (χ4n) is 3.75. The summed E-state index contributed by atoms with van der Waals surface area (Å²) in [5.41, 5.74) is 3.87. The molecule has 1 atom stereocenters. The second-order valence-corrected chi connectivity index (χ2v) is 10.3. The Morgan fingerprint density at radius 2 is 1.90 bits per heavy atom. The molecule has 0 unspecified atom stereocenters. The van der Waals surface area contributed by atoms with Gasteiger partial charge in [-0.1, -0.05) is 31.2 Å². The number of thiophene rings is 1. The van der Waals surface area contributed by atoms with Crippen LogP contribution in [0.25, 0.3) is 32.1 Å². The van der Waals surface area contributed by atoms with E-state index in [-0.39, 0.29) is 17.2 Å². The molecule has 0 fully saturated rings. The van der Waals surface area contributed by atoms with Crippen LogP contribution in [0.1, 0.15) is 24.0 Å². The smallest absolute Gasteiger partial charge is 0.266 e. The first kappa shape index (κ1) is 20.6. The molecule has 0 spiro atoms. The van der Waals surface area contributed by atoms with Crippen LogP contribution in [0.2, 0.25) is 0 Å². The summed E-state index contributed by atoms with van der Waals surface area (Å²) in [5, 5.41) is 14.3. The predicted octanol–water partition coefficient (Wildman–Crippen LogP) is 4.08. The lowest BCUT2D eigenvalue weighted by atomic mass is 9.93. The van der Waals surface area contributed by atoms with Crippen molar-refractivity contribution in [1.29, 1.82) is 0 Å². The number of H-pyrrole nitrogens is 1. The fourth-order valence-corrected chi connectivity index (χ4v) is 5.10. The van der Waals surface area contributed by atoms with Gasteiger partial charge < -0.3 is 10.1 Å². The van der Waals surface area contributed by atoms with Gasteiger partial charge in [0.05, 0.1) is 11.8 Å². The Kier molecular flexibility index (Phi) is 5.17. The number of aromatic hydroxyl groups is 1. The highest BCUT2D eigenvalue weighted by molar-refractivity contribution is 7.88. The van der Waals surface area contributed by atoms with E-state index in [0.29, 0.717) is 22.3 Å². The van der Waals surface area contributed by atoms with Gasteiger partial charge in [0, 0.05) is 22.9 Å². The number of aryl methyl sites for hydroxylation is 1. The molecule has 2 aromatic heterocycles. The first-order chi connectivity index (χ1) is 14.2. The van der Waals surface area contributed by atoms with Gasteiger partial charge in [-0.05, 0) is 47.0 Å². The maximum Gasteiger partial charge on any atom is 0.266 e. The normalized spacial score (nSPS) is 13.2. The summed E-state index contributed by atoms with van der Waals surface area (Å²) in [4.78, 5) is 15.4. The molecule has 8 heteroatoms. The Hall–Kier alpha value is -2.68. The number of rotatable bonds is 5. The number of nitrogens with one attached hydrogen (secondary N) is 2. The first-order valence-electron chi connectivity index (χ1n) is 9.46. The van der Waals surface area contributed by atoms with E-state index in [1.165, 1.54) is 11.3 Å². The van der Waals surface area contributed by atoms with Crippen molar-refractivity contribution in [3.8, 4) is 16.9 Å². The van der Waals surface area contributed by atoms with Gasteiger partial charge in [0.25, 0.3) is 5.56 Å². The monoisotopic (exact) mass is 442 g/mol. The van der Waals surface area contributed by atoms with Gasteiger partial charge in [0.2, 0.25) is 10.0 Å². The molecule has 0 radical (unpaired) electrons. The van der Waals surface area contributed by atoms with E-state index in [1.54, 1.807) is 6.07 Å². The Labute approximate surface area is 178 Å². The zero-order valence-corrected chi connectivity index (χ0v) is 18.4. The largest absolute Gasteiger partial charge is 0.507 e. The summed E-state index contributed by atoms with van der Waals surface area (Å²) < 4.78 is 25.8. The standard InChI is InChI=1S/C22H22N2O4S2/c1-12-10-17(25)18(19-16-8-9-29-21(16)22(26)24-20(12)19)15-6-4-14(5-7-15)13(2)11-23-30(3,27)28/h4-10,13,23,25H,11H2,1-3H3,(H,24,26)/t13-/m0/s1. The minimum Gasteiger partial charge on any atom is -0.507 e. The van der Waals surface area contributed by atoms with Crippen LogP contribution in [0.4, 0.5) is 0 Å². The van der Waals surface area contributed by atoms with E-state index < -0.39 is 10.0 Å². The van der Waals surface area contributed by atoms with Gasteiger partial charge >= 0.3 is 0 Å². The van der Waals surface area contributed by atoms with Gasteiger partial charge in [-0.15, -0.1) is 11.3 Å². The molecule has 0 saturated heterocycles. The number of aromatic amines is 1. The molecule has 156 valence electrons. The van der Waals surface area contributed by atoms with Crippen molar-refractivity contribution >= 4 is 42.3 Å². The van der Waals surface area contributed by atoms with Gasteiger partial charge in [0.15, 0.2) is 0 Å². The van der Waals surface area contributed by atoms with Crippen LogP contribution in [0.5, 0.6) is 5.75 Å². The van der Waals surface area contributed by atoms with Crippen LogP contribution in [0, 0.1) is 6.92 Å². The average molecular weight is 443 g/mol. The van der Waals surface area contributed by atoms with E-state index in [2.05, 4.69) is 9.71 Å². The highest BCUT2D eigenvalue weighted by Crippen LogP contribution is 2.41. The van der Waals surface area contributed by atoms with Crippen molar-refractivity contribution in [2.75, 3.05) is 12.8 Å². The zero-order valence-electron chi connectivity index (χ0n) is 16.8. The highest BCUT2D eigenvalue weighted by atomic mass is 32.2. The number of hydrogen-bond acceptors (Lipinski definition) is 5. The number of hydrogen-bond donors (Lipinski definition) is 3. The molecule has 0 aliphatic rings. The quantitative estimate of drug-likeness (QED) is 0.434. The molecule has 0 aliphatic carbocycles. The van der Waals surface area contributed by atoms with E-state index >= 15 is 0 Å². The summed E-state index contributed by atoms with van der Waals surface area (Å²) in [7, 11) is -3.24. The molecule has 0 bridgehead atoms. The second kappa shape index (κ2) is 7.54. The van der Waals surface area contributed by atoms with Crippen LogP contribution in [-0.4, -0.2) is 31.3 Å². The maximum absolute atomic E-state index is 12.4. The van der Waals surface area contributed by atoms with E-state index in [9.17, 15) is 18.3 Å². The number of fused-ring (bicyclic) bond motifs is 3. The van der Waals surface area contributed by atoms with Gasteiger partial charge in [0.1, 0.15) is 10.4 Å². The third-order valence-corrected chi connectivity index (χ3v) is 6.91.